The number of amides is 2. The van der Waals surface area contributed by atoms with Crippen LogP contribution in [-0.4, -0.2) is 53.6 Å². The first-order chi connectivity index (χ1) is 9.19. The van der Waals surface area contributed by atoms with Gasteiger partial charge < -0.3 is 14.9 Å². The van der Waals surface area contributed by atoms with Crippen molar-refractivity contribution in [3.8, 4) is 0 Å². The van der Waals surface area contributed by atoms with Crippen LogP contribution in [0.15, 0.2) is 0 Å². The zero-order valence-electron chi connectivity index (χ0n) is 13.2. The summed E-state index contributed by atoms with van der Waals surface area (Å²) in [7, 11) is 1.85. The second kappa shape index (κ2) is 6.95. The number of carboxylic acids is 1. The third-order valence-electron chi connectivity index (χ3n) is 3.69. The molecule has 1 rings (SSSR count). The fourth-order valence-corrected chi connectivity index (χ4v) is 2.76. The van der Waals surface area contributed by atoms with Crippen LogP contribution in [0.5, 0.6) is 0 Å². The van der Waals surface area contributed by atoms with Gasteiger partial charge in [0, 0.05) is 33.1 Å². The fourth-order valence-electron chi connectivity index (χ4n) is 2.76. The molecule has 20 heavy (non-hydrogen) atoms. The molecule has 116 valence electrons. The van der Waals surface area contributed by atoms with Crippen molar-refractivity contribution in [2.45, 2.75) is 46.5 Å². The molecule has 0 radical (unpaired) electrons. The predicted octanol–water partition coefficient (Wildman–Crippen LogP) is 2.66. The van der Waals surface area contributed by atoms with Crippen molar-refractivity contribution in [3.05, 3.63) is 0 Å². The van der Waals surface area contributed by atoms with Crippen LogP contribution < -0.4 is 0 Å². The van der Waals surface area contributed by atoms with Gasteiger partial charge >= 0.3 is 12.0 Å². The first-order valence-corrected chi connectivity index (χ1v) is 7.41. The van der Waals surface area contributed by atoms with E-state index < -0.39 is 5.97 Å². The van der Waals surface area contributed by atoms with E-state index in [1.807, 2.05) is 11.9 Å². The van der Waals surface area contributed by atoms with Gasteiger partial charge in [-0.25, -0.2) is 4.79 Å². The van der Waals surface area contributed by atoms with Crippen molar-refractivity contribution in [1.82, 2.24) is 9.80 Å². The van der Waals surface area contributed by atoms with E-state index in [1.54, 1.807) is 4.90 Å². The Morgan fingerprint density at radius 1 is 1.25 bits per heavy atom. The molecule has 1 saturated heterocycles. The van der Waals surface area contributed by atoms with Gasteiger partial charge in [-0.15, -0.1) is 0 Å². The molecule has 5 nitrogen and oxygen atoms in total. The van der Waals surface area contributed by atoms with Crippen molar-refractivity contribution in [3.63, 3.8) is 0 Å². The van der Waals surface area contributed by atoms with Crippen LogP contribution in [0.4, 0.5) is 4.79 Å². The summed E-state index contributed by atoms with van der Waals surface area (Å²) in [5.74, 6) is -0.281. The van der Waals surface area contributed by atoms with Gasteiger partial charge in [-0.05, 0) is 30.6 Å². The maximum Gasteiger partial charge on any atom is 0.319 e. The molecular formula is C15H28N2O3. The highest BCUT2D eigenvalue weighted by molar-refractivity contribution is 5.74. The van der Waals surface area contributed by atoms with Gasteiger partial charge in [0.1, 0.15) is 0 Å². The van der Waals surface area contributed by atoms with Gasteiger partial charge in [0.05, 0.1) is 0 Å². The molecule has 5 heteroatoms. The van der Waals surface area contributed by atoms with Crippen LogP contribution in [-0.2, 0) is 4.79 Å². The standard InChI is InChI=1S/C15H28N2O3/c1-15(2,3)11-16(4)14(20)17-9-7-12(8-10-17)5-6-13(18)19/h12H,5-11H2,1-4H3,(H,18,19). The van der Waals surface area contributed by atoms with Crippen LogP contribution in [0.25, 0.3) is 0 Å². The summed E-state index contributed by atoms with van der Waals surface area (Å²) in [5.41, 5.74) is 0.101. The van der Waals surface area contributed by atoms with Gasteiger partial charge in [0.2, 0.25) is 0 Å². The monoisotopic (exact) mass is 284 g/mol. The van der Waals surface area contributed by atoms with Crippen molar-refractivity contribution in [2.75, 3.05) is 26.7 Å². The third-order valence-corrected chi connectivity index (χ3v) is 3.69. The minimum absolute atomic E-state index is 0.0941. The predicted molar refractivity (Wildman–Crippen MR) is 78.6 cm³/mol. The Kier molecular flexibility index (Phi) is 5.84. The molecule has 1 aliphatic rings. The molecule has 0 atom stereocenters. The van der Waals surface area contributed by atoms with E-state index >= 15 is 0 Å². The lowest BCUT2D eigenvalue weighted by Gasteiger charge is -2.36. The van der Waals surface area contributed by atoms with Crippen molar-refractivity contribution in [2.24, 2.45) is 11.3 Å². The van der Waals surface area contributed by atoms with Crippen LogP contribution in [0.3, 0.4) is 0 Å². The molecule has 0 saturated carbocycles. The number of hydrogen-bond acceptors (Lipinski definition) is 2. The number of nitrogens with zero attached hydrogens (tertiary/aromatic N) is 2. The number of carboxylic acid groups (broad SMARTS) is 1. The van der Waals surface area contributed by atoms with E-state index in [-0.39, 0.29) is 17.9 Å². The molecule has 0 aromatic heterocycles. The van der Waals surface area contributed by atoms with E-state index in [1.165, 1.54) is 0 Å². The molecule has 0 aromatic rings. The van der Waals surface area contributed by atoms with Gasteiger partial charge in [0.15, 0.2) is 0 Å². The third kappa shape index (κ3) is 5.80. The van der Waals surface area contributed by atoms with Gasteiger partial charge in [-0.3, -0.25) is 4.79 Å². The first-order valence-electron chi connectivity index (χ1n) is 7.41. The minimum atomic E-state index is -0.728. The summed E-state index contributed by atoms with van der Waals surface area (Å²) < 4.78 is 0. The second-order valence-electron chi connectivity index (χ2n) is 7.06. The summed E-state index contributed by atoms with van der Waals surface area (Å²) in [6.07, 6.45) is 2.81. The van der Waals surface area contributed by atoms with Crippen LogP contribution >= 0.6 is 0 Å². The van der Waals surface area contributed by atoms with E-state index in [9.17, 15) is 9.59 Å². The Bertz CT molecular complexity index is 342. The Labute approximate surface area is 121 Å². The molecule has 1 fully saturated rings. The number of likely N-dealkylation sites (tertiary alicyclic amines) is 1. The number of hydrogen-bond donors (Lipinski definition) is 1. The zero-order valence-corrected chi connectivity index (χ0v) is 13.2. The molecule has 1 heterocycles. The average Bonchev–Trinajstić information content (AvgIpc) is 2.34. The Balaban J connectivity index is 2.37. The molecular weight excluding hydrogens is 256 g/mol. The summed E-state index contributed by atoms with van der Waals surface area (Å²) in [6, 6.07) is 0.0941. The molecule has 1 aliphatic heterocycles. The number of carbonyl (C=O) groups excluding carboxylic acids is 1. The lowest BCUT2D eigenvalue weighted by atomic mass is 9.92. The van der Waals surface area contributed by atoms with E-state index in [0.717, 1.165) is 38.9 Å². The first kappa shape index (κ1) is 16.8. The number of carbonyl (C=O) groups is 2. The maximum absolute atomic E-state index is 12.3. The van der Waals surface area contributed by atoms with Crippen molar-refractivity contribution >= 4 is 12.0 Å². The number of aliphatic carboxylic acids is 1. The highest BCUT2D eigenvalue weighted by Crippen LogP contribution is 2.23. The Morgan fingerprint density at radius 2 is 1.80 bits per heavy atom. The Morgan fingerprint density at radius 3 is 2.25 bits per heavy atom. The molecule has 0 aliphatic carbocycles. The normalized spacial score (nSPS) is 17.1. The van der Waals surface area contributed by atoms with Crippen molar-refractivity contribution < 1.29 is 14.7 Å². The zero-order chi connectivity index (χ0) is 15.3. The van der Waals surface area contributed by atoms with Gasteiger partial charge in [-0.2, -0.15) is 0 Å². The molecule has 2 amide bonds. The highest BCUT2D eigenvalue weighted by Gasteiger charge is 2.26. The van der Waals surface area contributed by atoms with E-state index in [0.29, 0.717) is 5.92 Å². The number of piperidine rings is 1. The largest absolute Gasteiger partial charge is 0.481 e. The maximum atomic E-state index is 12.3. The SMILES string of the molecule is CN(CC(C)(C)C)C(=O)N1CCC(CCC(=O)O)CC1. The molecule has 0 spiro atoms. The van der Waals surface area contributed by atoms with E-state index in [2.05, 4.69) is 20.8 Å². The molecule has 0 bridgehead atoms. The Hall–Kier alpha value is -1.26. The number of urea groups is 1. The molecule has 0 unspecified atom stereocenters. The van der Waals surface area contributed by atoms with Crippen LogP contribution in [0.1, 0.15) is 46.5 Å². The quantitative estimate of drug-likeness (QED) is 0.863. The highest BCUT2D eigenvalue weighted by atomic mass is 16.4. The number of rotatable bonds is 4. The van der Waals surface area contributed by atoms with E-state index in [4.69, 9.17) is 5.11 Å². The van der Waals surface area contributed by atoms with Crippen molar-refractivity contribution in [1.29, 1.82) is 0 Å². The minimum Gasteiger partial charge on any atom is -0.481 e. The lowest BCUT2D eigenvalue weighted by Crippen LogP contribution is -2.47. The molecule has 1 N–H and O–H groups in total. The fraction of sp³-hybridized carbons (Fsp3) is 0.867. The molecule has 0 aromatic carbocycles. The topological polar surface area (TPSA) is 60.9 Å². The smallest absolute Gasteiger partial charge is 0.319 e. The van der Waals surface area contributed by atoms with Crippen LogP contribution in [0.2, 0.25) is 0 Å². The van der Waals surface area contributed by atoms with Gasteiger partial charge in [0.25, 0.3) is 0 Å². The second-order valence-corrected chi connectivity index (χ2v) is 7.06. The average molecular weight is 284 g/mol. The summed E-state index contributed by atoms with van der Waals surface area (Å²) in [4.78, 5) is 26.6. The van der Waals surface area contributed by atoms with Gasteiger partial charge in [-0.1, -0.05) is 20.8 Å². The summed E-state index contributed by atoms with van der Waals surface area (Å²) in [6.45, 7) is 8.60. The van der Waals surface area contributed by atoms with Crippen LogP contribution in [0, 0.1) is 11.3 Å². The summed E-state index contributed by atoms with van der Waals surface area (Å²) >= 11 is 0. The summed E-state index contributed by atoms with van der Waals surface area (Å²) in [5, 5.41) is 8.69. The lowest BCUT2D eigenvalue weighted by molar-refractivity contribution is -0.137.